The number of likely N-dealkylation sites (N-methyl/N-ethyl adjacent to an activating group) is 1. The van der Waals surface area contributed by atoms with Crippen LogP contribution in [-0.2, 0) is 11.2 Å². The highest BCUT2D eigenvalue weighted by atomic mass is 35.5. The molecule has 3 rings (SSSR count). The average molecular weight is 434 g/mol. The summed E-state index contributed by atoms with van der Waals surface area (Å²) < 4.78 is 10.9. The Bertz CT molecular complexity index is 944. The topological polar surface area (TPSA) is 68.5 Å². The van der Waals surface area contributed by atoms with E-state index in [1.54, 1.807) is 36.2 Å². The maximum Gasteiger partial charge on any atom is 0.226 e. The maximum absolute atomic E-state index is 12.3. The van der Waals surface area contributed by atoms with Crippen LogP contribution in [0.15, 0.2) is 53.1 Å². The summed E-state index contributed by atoms with van der Waals surface area (Å²) in [6.45, 7) is 0.892. The number of ether oxygens (including phenoxy) is 1. The van der Waals surface area contributed by atoms with Gasteiger partial charge in [0.25, 0.3) is 0 Å². The monoisotopic (exact) mass is 433 g/mol. The molecule has 29 heavy (non-hydrogen) atoms. The van der Waals surface area contributed by atoms with Crippen molar-refractivity contribution in [2.75, 3.05) is 20.2 Å². The number of hydrogen-bond donors (Lipinski definition) is 0. The largest absolute Gasteiger partial charge is 0.492 e. The van der Waals surface area contributed by atoms with Gasteiger partial charge in [0.05, 0.1) is 6.54 Å². The van der Waals surface area contributed by atoms with Gasteiger partial charge in [-0.1, -0.05) is 34.4 Å². The number of aromatic nitrogens is 2. The first-order valence-corrected chi connectivity index (χ1v) is 9.98. The van der Waals surface area contributed by atoms with Gasteiger partial charge >= 0.3 is 0 Å². The molecule has 0 N–H and O–H groups in total. The second-order valence-corrected chi connectivity index (χ2v) is 7.37. The lowest BCUT2D eigenvalue weighted by molar-refractivity contribution is -0.130. The smallest absolute Gasteiger partial charge is 0.226 e. The molecule has 0 bridgehead atoms. The number of rotatable bonds is 9. The predicted octanol–water partition coefficient (Wildman–Crippen LogP) is 4.90. The van der Waals surface area contributed by atoms with Crippen molar-refractivity contribution in [1.82, 2.24) is 15.0 Å². The van der Waals surface area contributed by atoms with Gasteiger partial charge in [0.2, 0.25) is 17.6 Å². The molecule has 1 amide bonds. The third kappa shape index (κ3) is 6.48. The molecule has 6 nitrogen and oxygen atoms in total. The van der Waals surface area contributed by atoms with Crippen LogP contribution in [0.3, 0.4) is 0 Å². The molecular weight excluding hydrogens is 413 g/mol. The van der Waals surface area contributed by atoms with Gasteiger partial charge in [-0.05, 0) is 48.9 Å². The van der Waals surface area contributed by atoms with Crippen LogP contribution in [-0.4, -0.2) is 41.1 Å². The fourth-order valence-corrected chi connectivity index (χ4v) is 2.94. The van der Waals surface area contributed by atoms with Gasteiger partial charge in [-0.15, -0.1) is 0 Å². The number of nitrogens with zero attached hydrogens (tertiary/aromatic N) is 3. The lowest BCUT2D eigenvalue weighted by atomic mass is 10.2. The molecule has 152 valence electrons. The molecule has 0 unspecified atom stereocenters. The Balaban J connectivity index is 1.38. The van der Waals surface area contributed by atoms with Crippen molar-refractivity contribution in [1.29, 1.82) is 0 Å². The van der Waals surface area contributed by atoms with Gasteiger partial charge in [0, 0.05) is 35.5 Å². The molecule has 0 saturated carbocycles. The minimum atomic E-state index is 0.0390. The van der Waals surface area contributed by atoms with E-state index in [4.69, 9.17) is 32.5 Å². The van der Waals surface area contributed by atoms with Crippen molar-refractivity contribution in [3.63, 3.8) is 0 Å². The van der Waals surface area contributed by atoms with Crippen LogP contribution in [0.5, 0.6) is 5.75 Å². The average Bonchev–Trinajstić information content (AvgIpc) is 3.17. The SMILES string of the molecule is CN(CCOc1cccc(Cl)c1)C(=O)CCCc1nc(-c2ccc(Cl)cc2)no1. The highest BCUT2D eigenvalue weighted by Gasteiger charge is 2.12. The molecule has 0 radical (unpaired) electrons. The van der Waals surface area contributed by atoms with Crippen LogP contribution in [0.1, 0.15) is 18.7 Å². The molecule has 2 aromatic carbocycles. The standard InChI is InChI=1S/C21H21Cl2N3O3/c1-26(12-13-28-18-5-2-4-17(23)14-18)20(27)7-3-6-19-24-21(25-29-19)15-8-10-16(22)11-9-15/h2,4-5,8-11,14H,3,6-7,12-13H2,1H3. The summed E-state index contributed by atoms with van der Waals surface area (Å²) in [6.07, 6.45) is 1.56. The number of carbonyl (C=O) groups excluding carboxylic acids is 1. The fraction of sp³-hybridized carbons (Fsp3) is 0.286. The lowest BCUT2D eigenvalue weighted by Crippen LogP contribution is -2.30. The quantitative estimate of drug-likeness (QED) is 0.479. The van der Waals surface area contributed by atoms with Crippen molar-refractivity contribution in [2.45, 2.75) is 19.3 Å². The minimum absolute atomic E-state index is 0.0390. The number of benzene rings is 2. The number of hydrogen-bond acceptors (Lipinski definition) is 5. The summed E-state index contributed by atoms with van der Waals surface area (Å²) in [6, 6.07) is 14.4. The molecule has 0 aliphatic rings. The first kappa shape index (κ1) is 21.1. The first-order chi connectivity index (χ1) is 14.0. The van der Waals surface area contributed by atoms with Crippen molar-refractivity contribution in [2.24, 2.45) is 0 Å². The Morgan fingerprint density at radius 2 is 1.93 bits per heavy atom. The van der Waals surface area contributed by atoms with Crippen LogP contribution in [0.4, 0.5) is 0 Å². The predicted molar refractivity (Wildman–Crippen MR) is 112 cm³/mol. The molecule has 0 fully saturated rings. The fourth-order valence-electron chi connectivity index (χ4n) is 2.64. The Labute approximate surface area is 179 Å². The van der Waals surface area contributed by atoms with E-state index >= 15 is 0 Å². The zero-order chi connectivity index (χ0) is 20.6. The van der Waals surface area contributed by atoms with E-state index in [1.807, 2.05) is 24.3 Å². The Morgan fingerprint density at radius 1 is 1.14 bits per heavy atom. The van der Waals surface area contributed by atoms with Crippen molar-refractivity contribution in [3.05, 3.63) is 64.5 Å². The highest BCUT2D eigenvalue weighted by molar-refractivity contribution is 6.30. The zero-order valence-electron chi connectivity index (χ0n) is 16.0. The van der Waals surface area contributed by atoms with Gasteiger partial charge < -0.3 is 14.2 Å². The van der Waals surface area contributed by atoms with E-state index in [-0.39, 0.29) is 5.91 Å². The van der Waals surface area contributed by atoms with E-state index in [1.165, 1.54) is 0 Å². The van der Waals surface area contributed by atoms with Crippen LogP contribution in [0.2, 0.25) is 10.0 Å². The third-order valence-electron chi connectivity index (χ3n) is 4.27. The van der Waals surface area contributed by atoms with Crippen LogP contribution in [0, 0.1) is 0 Å². The van der Waals surface area contributed by atoms with Crippen LogP contribution >= 0.6 is 23.2 Å². The molecule has 0 spiro atoms. The molecule has 8 heteroatoms. The van der Waals surface area contributed by atoms with Gasteiger partial charge in [-0.3, -0.25) is 4.79 Å². The van der Waals surface area contributed by atoms with Gasteiger partial charge in [-0.2, -0.15) is 4.98 Å². The third-order valence-corrected chi connectivity index (χ3v) is 4.76. The Kier molecular flexibility index (Phi) is 7.49. The molecule has 0 aliphatic carbocycles. The minimum Gasteiger partial charge on any atom is -0.492 e. The van der Waals surface area contributed by atoms with Crippen LogP contribution < -0.4 is 4.74 Å². The van der Waals surface area contributed by atoms with Crippen molar-refractivity contribution < 1.29 is 14.1 Å². The maximum atomic E-state index is 12.3. The van der Waals surface area contributed by atoms with Crippen molar-refractivity contribution >= 4 is 29.1 Å². The van der Waals surface area contributed by atoms with Crippen molar-refractivity contribution in [3.8, 4) is 17.1 Å². The number of aryl methyl sites for hydroxylation is 1. The van der Waals surface area contributed by atoms with Gasteiger partial charge in [0.15, 0.2) is 0 Å². The van der Waals surface area contributed by atoms with E-state index in [2.05, 4.69) is 10.1 Å². The molecule has 0 aliphatic heterocycles. The summed E-state index contributed by atoms with van der Waals surface area (Å²) in [5.74, 6) is 1.75. The van der Waals surface area contributed by atoms with E-state index in [9.17, 15) is 4.79 Å². The lowest BCUT2D eigenvalue weighted by Gasteiger charge is -2.17. The number of halogens is 2. The normalized spacial score (nSPS) is 10.7. The van der Waals surface area contributed by atoms with Gasteiger partial charge in [0.1, 0.15) is 12.4 Å². The summed E-state index contributed by atoms with van der Waals surface area (Å²) in [4.78, 5) is 18.3. The summed E-state index contributed by atoms with van der Waals surface area (Å²) in [7, 11) is 1.76. The molecule has 1 aromatic heterocycles. The highest BCUT2D eigenvalue weighted by Crippen LogP contribution is 2.19. The molecule has 3 aromatic rings. The Hall–Kier alpha value is -2.57. The summed E-state index contributed by atoms with van der Waals surface area (Å²) in [5, 5.41) is 5.24. The molecular formula is C21H21Cl2N3O3. The molecule has 0 saturated heterocycles. The van der Waals surface area contributed by atoms with Gasteiger partial charge in [-0.25, -0.2) is 0 Å². The molecule has 1 heterocycles. The Morgan fingerprint density at radius 3 is 2.69 bits per heavy atom. The second kappa shape index (κ2) is 10.3. The first-order valence-electron chi connectivity index (χ1n) is 9.22. The zero-order valence-corrected chi connectivity index (χ0v) is 17.5. The summed E-state index contributed by atoms with van der Waals surface area (Å²) >= 11 is 11.8. The number of carbonyl (C=O) groups is 1. The second-order valence-electron chi connectivity index (χ2n) is 6.49. The van der Waals surface area contributed by atoms with E-state index < -0.39 is 0 Å². The summed E-state index contributed by atoms with van der Waals surface area (Å²) in [5.41, 5.74) is 0.833. The van der Waals surface area contributed by atoms with Crippen LogP contribution in [0.25, 0.3) is 11.4 Å². The van der Waals surface area contributed by atoms with E-state index in [0.717, 1.165) is 5.56 Å². The number of amides is 1. The molecule has 0 atom stereocenters. The van der Waals surface area contributed by atoms with E-state index in [0.29, 0.717) is 59.9 Å².